The summed E-state index contributed by atoms with van der Waals surface area (Å²) in [4.78, 5) is 2.51. The Morgan fingerprint density at radius 3 is 1.33 bits per heavy atom. The third-order valence-electron chi connectivity index (χ3n) is 4.70. The van der Waals surface area contributed by atoms with E-state index in [-0.39, 0.29) is 12.6 Å². The normalized spacial score (nSPS) is 14.2. The van der Waals surface area contributed by atoms with Gasteiger partial charge in [-0.1, -0.05) is 0 Å². The smallest absolute Gasteiger partial charge is 0.157 e. The lowest BCUT2D eigenvalue weighted by molar-refractivity contribution is -0.140. The van der Waals surface area contributed by atoms with Gasteiger partial charge in [-0.2, -0.15) is 0 Å². The summed E-state index contributed by atoms with van der Waals surface area (Å²) in [7, 11) is 6.02. The molecule has 4 atom stereocenters. The van der Waals surface area contributed by atoms with E-state index in [2.05, 4.69) is 23.4 Å². The molecule has 0 N–H and O–H groups in total. The van der Waals surface area contributed by atoms with Crippen LogP contribution >= 0.6 is 18.5 Å². The molecule has 0 spiro atoms. The van der Waals surface area contributed by atoms with Gasteiger partial charge in [-0.15, -0.1) is 18.5 Å². The maximum atomic E-state index is 5.68. The molecular weight excluding hydrogens is 420 g/mol. The van der Waals surface area contributed by atoms with Crippen LogP contribution in [0.5, 0.6) is 0 Å². The number of hydrogen-bond acceptors (Lipinski definition) is 6. The molecule has 0 aromatic rings. The highest BCUT2D eigenvalue weighted by molar-refractivity contribution is 7.17. The fourth-order valence-corrected chi connectivity index (χ4v) is 4.30. The molecule has 0 aliphatic rings. The lowest BCUT2D eigenvalue weighted by atomic mass is 10.2. The summed E-state index contributed by atoms with van der Waals surface area (Å²) in [5, 5.41) is 0. The first-order chi connectivity index (χ1) is 14.5. The summed E-state index contributed by atoms with van der Waals surface area (Å²) in [6.07, 6.45) is 3.76. The standard InChI is InChI=1S/C22H49NO5P2/c1-6-24-16-15-23(17-19(29)11-13-21(25-7-2)26-8-3)18-20(30)12-14-22(27-9-4)28-10-5/h19-22H,6-18,29-30H2,1-5H3. The predicted octanol–water partition coefficient (Wildman–Crippen LogP) is 4.17. The zero-order valence-electron chi connectivity index (χ0n) is 20.1. The van der Waals surface area contributed by atoms with Crippen LogP contribution in [0.4, 0.5) is 0 Å². The van der Waals surface area contributed by atoms with Crippen molar-refractivity contribution in [1.29, 1.82) is 0 Å². The predicted molar refractivity (Wildman–Crippen MR) is 132 cm³/mol. The quantitative estimate of drug-likeness (QED) is 0.135. The molecule has 0 aromatic heterocycles. The zero-order chi connectivity index (χ0) is 22.6. The van der Waals surface area contributed by atoms with Crippen molar-refractivity contribution in [3.63, 3.8) is 0 Å². The number of hydrogen-bond donors (Lipinski definition) is 0. The van der Waals surface area contributed by atoms with Crippen molar-refractivity contribution in [2.24, 2.45) is 0 Å². The third kappa shape index (κ3) is 17.2. The van der Waals surface area contributed by atoms with Gasteiger partial charge in [0.15, 0.2) is 12.6 Å². The Morgan fingerprint density at radius 1 is 0.600 bits per heavy atom. The molecule has 182 valence electrons. The summed E-state index contributed by atoms with van der Waals surface area (Å²) in [6, 6.07) is 0. The van der Waals surface area contributed by atoms with E-state index in [0.29, 0.717) is 37.7 Å². The van der Waals surface area contributed by atoms with Gasteiger partial charge in [0.25, 0.3) is 0 Å². The average molecular weight is 470 g/mol. The van der Waals surface area contributed by atoms with Crippen LogP contribution in [0.25, 0.3) is 0 Å². The van der Waals surface area contributed by atoms with E-state index in [9.17, 15) is 0 Å². The summed E-state index contributed by atoms with van der Waals surface area (Å²) in [5.41, 5.74) is 0.985. The second-order valence-electron chi connectivity index (χ2n) is 7.31. The molecule has 0 amide bonds. The zero-order valence-corrected chi connectivity index (χ0v) is 22.5. The van der Waals surface area contributed by atoms with Crippen molar-refractivity contribution in [2.75, 3.05) is 59.3 Å². The van der Waals surface area contributed by atoms with E-state index in [0.717, 1.165) is 58.5 Å². The Morgan fingerprint density at radius 2 is 1.00 bits per heavy atom. The first-order valence-electron chi connectivity index (χ1n) is 11.8. The number of nitrogens with zero attached hydrogens (tertiary/aromatic N) is 1. The highest BCUT2D eigenvalue weighted by atomic mass is 31.0. The topological polar surface area (TPSA) is 49.4 Å². The molecule has 0 radical (unpaired) electrons. The van der Waals surface area contributed by atoms with Gasteiger partial charge in [-0.3, -0.25) is 4.90 Å². The summed E-state index contributed by atoms with van der Waals surface area (Å²) < 4.78 is 28.4. The van der Waals surface area contributed by atoms with Crippen molar-refractivity contribution in [3.05, 3.63) is 0 Å². The minimum atomic E-state index is -0.0940. The molecule has 8 heteroatoms. The Hall–Kier alpha value is 0.620. The number of rotatable bonds is 22. The van der Waals surface area contributed by atoms with E-state index in [4.69, 9.17) is 23.7 Å². The Balaban J connectivity index is 4.54. The molecule has 0 saturated carbocycles. The van der Waals surface area contributed by atoms with Crippen molar-refractivity contribution in [1.82, 2.24) is 4.90 Å². The monoisotopic (exact) mass is 469 g/mol. The molecular formula is C22H49NO5P2. The molecule has 0 aliphatic heterocycles. The van der Waals surface area contributed by atoms with Crippen LogP contribution in [0.1, 0.15) is 60.3 Å². The van der Waals surface area contributed by atoms with Crippen molar-refractivity contribution in [2.45, 2.75) is 84.2 Å². The fourth-order valence-electron chi connectivity index (χ4n) is 3.31. The highest BCUT2D eigenvalue weighted by Gasteiger charge is 2.18. The van der Waals surface area contributed by atoms with Gasteiger partial charge < -0.3 is 23.7 Å². The number of ether oxygens (including phenoxy) is 5. The van der Waals surface area contributed by atoms with E-state index < -0.39 is 0 Å². The van der Waals surface area contributed by atoms with E-state index >= 15 is 0 Å². The summed E-state index contributed by atoms with van der Waals surface area (Å²) in [5.74, 6) is 0. The van der Waals surface area contributed by atoms with Gasteiger partial charge in [-0.05, 0) is 71.6 Å². The van der Waals surface area contributed by atoms with Crippen LogP contribution in [0.3, 0.4) is 0 Å². The van der Waals surface area contributed by atoms with Crippen LogP contribution in [-0.2, 0) is 23.7 Å². The molecule has 0 aromatic carbocycles. The van der Waals surface area contributed by atoms with Crippen LogP contribution in [-0.4, -0.2) is 88.1 Å². The van der Waals surface area contributed by atoms with E-state index in [1.54, 1.807) is 0 Å². The Bertz CT molecular complexity index is 328. The molecule has 30 heavy (non-hydrogen) atoms. The maximum Gasteiger partial charge on any atom is 0.157 e. The van der Waals surface area contributed by atoms with Crippen molar-refractivity contribution < 1.29 is 23.7 Å². The van der Waals surface area contributed by atoms with Gasteiger partial charge in [0.1, 0.15) is 0 Å². The van der Waals surface area contributed by atoms with E-state index in [1.807, 2.05) is 34.6 Å². The molecule has 0 fully saturated rings. The SMILES string of the molecule is CCOCCN(CC(P)CCC(OCC)OCC)CC(P)CCC(OCC)OCC. The minimum Gasteiger partial charge on any atom is -0.380 e. The van der Waals surface area contributed by atoms with Crippen LogP contribution in [0.2, 0.25) is 0 Å². The average Bonchev–Trinajstić information content (AvgIpc) is 2.71. The summed E-state index contributed by atoms with van der Waals surface area (Å²) >= 11 is 0. The first-order valence-corrected chi connectivity index (χ1v) is 13.1. The summed E-state index contributed by atoms with van der Waals surface area (Å²) in [6.45, 7) is 17.4. The lowest BCUT2D eigenvalue weighted by Crippen LogP contribution is -2.37. The molecule has 0 aliphatic carbocycles. The fraction of sp³-hybridized carbons (Fsp3) is 1.00. The molecule has 4 unspecified atom stereocenters. The Kier molecular flexibility index (Phi) is 21.9. The lowest BCUT2D eigenvalue weighted by Gasteiger charge is -2.29. The van der Waals surface area contributed by atoms with Crippen LogP contribution in [0, 0.1) is 0 Å². The minimum absolute atomic E-state index is 0.0940. The maximum absolute atomic E-state index is 5.68. The second-order valence-corrected chi connectivity index (χ2v) is 9.20. The van der Waals surface area contributed by atoms with Crippen molar-refractivity contribution in [3.8, 4) is 0 Å². The van der Waals surface area contributed by atoms with Crippen molar-refractivity contribution >= 4 is 18.5 Å². The Labute approximate surface area is 190 Å². The second kappa shape index (κ2) is 21.5. The molecule has 0 saturated heterocycles. The first kappa shape index (κ1) is 30.6. The van der Waals surface area contributed by atoms with Crippen LogP contribution < -0.4 is 0 Å². The molecule has 0 rings (SSSR count). The van der Waals surface area contributed by atoms with Gasteiger partial charge in [0.2, 0.25) is 0 Å². The third-order valence-corrected chi connectivity index (χ3v) is 5.79. The highest BCUT2D eigenvalue weighted by Crippen LogP contribution is 2.18. The molecule has 6 nitrogen and oxygen atoms in total. The van der Waals surface area contributed by atoms with Gasteiger partial charge in [0.05, 0.1) is 6.61 Å². The van der Waals surface area contributed by atoms with Gasteiger partial charge >= 0.3 is 0 Å². The molecule has 0 heterocycles. The van der Waals surface area contributed by atoms with Gasteiger partial charge in [0, 0.05) is 52.7 Å². The van der Waals surface area contributed by atoms with Gasteiger partial charge in [-0.25, -0.2) is 0 Å². The van der Waals surface area contributed by atoms with Crippen LogP contribution in [0.15, 0.2) is 0 Å². The van der Waals surface area contributed by atoms with E-state index in [1.165, 1.54) is 0 Å². The molecule has 0 bridgehead atoms. The largest absolute Gasteiger partial charge is 0.380 e.